The molecule has 0 heterocycles. The third kappa shape index (κ3) is 7.99. The summed E-state index contributed by atoms with van der Waals surface area (Å²) >= 11 is 0. The van der Waals surface area contributed by atoms with Crippen molar-refractivity contribution in [1.82, 2.24) is 5.43 Å². The molecule has 0 aliphatic rings. The summed E-state index contributed by atoms with van der Waals surface area (Å²) in [5.41, 5.74) is 7.12. The molecule has 0 spiro atoms. The van der Waals surface area contributed by atoms with Crippen LogP contribution in [-0.2, 0) is 9.59 Å². The van der Waals surface area contributed by atoms with Crippen LogP contribution in [0.2, 0.25) is 0 Å². The normalized spacial score (nSPS) is 10.8. The SMILES string of the molecule is O=C(O)COc1ccccc1/C=N/NC(=O)c1cccc(N/N=C/c2ccccc2OCC(=O)O)c1. The molecule has 0 aliphatic carbocycles. The number of aliphatic carboxylic acids is 2. The number of carboxylic acid groups (broad SMARTS) is 2. The van der Waals surface area contributed by atoms with E-state index in [0.717, 1.165) is 0 Å². The zero-order valence-corrected chi connectivity index (χ0v) is 18.8. The molecule has 4 N–H and O–H groups in total. The minimum atomic E-state index is -1.11. The van der Waals surface area contributed by atoms with Gasteiger partial charge < -0.3 is 19.7 Å². The van der Waals surface area contributed by atoms with Crippen LogP contribution in [-0.4, -0.2) is 53.7 Å². The van der Waals surface area contributed by atoms with Gasteiger partial charge in [-0.15, -0.1) is 0 Å². The second kappa shape index (κ2) is 12.9. The predicted octanol–water partition coefficient (Wildman–Crippen LogP) is 2.82. The number of benzene rings is 3. The summed E-state index contributed by atoms with van der Waals surface area (Å²) in [6.45, 7) is -0.973. The largest absolute Gasteiger partial charge is 0.481 e. The highest BCUT2D eigenvalue weighted by Gasteiger charge is 2.07. The standard InChI is InChI=1S/C25H22N4O7/c30-23(31)15-35-21-10-3-1-6-18(21)13-26-28-20-9-5-8-17(12-20)25(34)29-27-14-19-7-2-4-11-22(19)36-16-24(32)33/h1-14,28H,15-16H2,(H,29,34)(H,30,31)(H,32,33)/b26-13+,27-14+. The van der Waals surface area contributed by atoms with Gasteiger partial charge in [0.25, 0.3) is 5.91 Å². The Bertz CT molecular complexity index is 1290. The summed E-state index contributed by atoms with van der Waals surface area (Å²) in [7, 11) is 0. The average Bonchev–Trinajstić information content (AvgIpc) is 2.87. The number of hydrazone groups is 2. The first-order valence-corrected chi connectivity index (χ1v) is 10.5. The predicted molar refractivity (Wildman–Crippen MR) is 132 cm³/mol. The number of nitrogens with one attached hydrogen (secondary N) is 2. The number of rotatable bonds is 12. The lowest BCUT2D eigenvalue weighted by Crippen LogP contribution is -2.17. The highest BCUT2D eigenvalue weighted by atomic mass is 16.5. The summed E-state index contributed by atoms with van der Waals surface area (Å²) in [5, 5.41) is 25.6. The fourth-order valence-corrected chi connectivity index (χ4v) is 2.85. The third-order valence-corrected chi connectivity index (χ3v) is 4.43. The van der Waals surface area contributed by atoms with Gasteiger partial charge in [0.1, 0.15) is 11.5 Å². The van der Waals surface area contributed by atoms with E-state index in [4.69, 9.17) is 19.7 Å². The first kappa shape index (κ1) is 25.4. The maximum atomic E-state index is 12.5. The van der Waals surface area contributed by atoms with Crippen LogP contribution in [0.4, 0.5) is 5.69 Å². The molecular formula is C25H22N4O7. The van der Waals surface area contributed by atoms with Crippen LogP contribution in [0.3, 0.4) is 0 Å². The van der Waals surface area contributed by atoms with Gasteiger partial charge in [-0.05, 0) is 42.5 Å². The van der Waals surface area contributed by atoms with E-state index in [9.17, 15) is 14.4 Å². The van der Waals surface area contributed by atoms with Crippen molar-refractivity contribution in [3.63, 3.8) is 0 Å². The fourth-order valence-electron chi connectivity index (χ4n) is 2.85. The van der Waals surface area contributed by atoms with Gasteiger partial charge in [-0.2, -0.15) is 10.2 Å². The summed E-state index contributed by atoms with van der Waals surface area (Å²) in [6.07, 6.45) is 2.82. The van der Waals surface area contributed by atoms with E-state index in [1.165, 1.54) is 12.4 Å². The van der Waals surface area contributed by atoms with Crippen molar-refractivity contribution < 1.29 is 34.1 Å². The molecule has 0 saturated heterocycles. The van der Waals surface area contributed by atoms with Gasteiger partial charge in [0, 0.05) is 16.7 Å². The van der Waals surface area contributed by atoms with Crippen molar-refractivity contribution in [2.24, 2.45) is 10.2 Å². The molecule has 0 fully saturated rings. The first-order valence-electron chi connectivity index (χ1n) is 10.5. The molecule has 3 aromatic rings. The van der Waals surface area contributed by atoms with E-state index < -0.39 is 31.1 Å². The molecule has 3 aromatic carbocycles. The average molecular weight is 490 g/mol. The molecule has 0 bridgehead atoms. The minimum Gasteiger partial charge on any atom is -0.481 e. The van der Waals surface area contributed by atoms with Crippen LogP contribution in [0.15, 0.2) is 83.0 Å². The van der Waals surface area contributed by atoms with Crippen LogP contribution in [0.5, 0.6) is 11.5 Å². The Labute approximate surface area is 205 Å². The van der Waals surface area contributed by atoms with Crippen LogP contribution in [0, 0.1) is 0 Å². The number of hydrogen-bond donors (Lipinski definition) is 4. The van der Waals surface area contributed by atoms with Crippen molar-refractivity contribution in [2.45, 2.75) is 0 Å². The highest BCUT2D eigenvalue weighted by Crippen LogP contribution is 2.17. The number of carbonyl (C=O) groups is 3. The van der Waals surface area contributed by atoms with Crippen molar-refractivity contribution >= 4 is 36.0 Å². The lowest BCUT2D eigenvalue weighted by atomic mass is 10.2. The van der Waals surface area contributed by atoms with Crippen LogP contribution in [0.1, 0.15) is 21.5 Å². The molecule has 0 aliphatic heterocycles. The van der Waals surface area contributed by atoms with Gasteiger partial charge in [0.15, 0.2) is 13.2 Å². The Morgan fingerprint density at radius 2 is 1.31 bits per heavy atom. The van der Waals surface area contributed by atoms with Crippen molar-refractivity contribution in [3.8, 4) is 11.5 Å². The van der Waals surface area contributed by atoms with Gasteiger partial charge >= 0.3 is 11.9 Å². The smallest absolute Gasteiger partial charge is 0.341 e. The number of nitrogens with zero attached hydrogens (tertiary/aromatic N) is 2. The van der Waals surface area contributed by atoms with Crippen LogP contribution < -0.4 is 20.3 Å². The van der Waals surface area contributed by atoms with E-state index >= 15 is 0 Å². The lowest BCUT2D eigenvalue weighted by molar-refractivity contribution is -0.140. The molecule has 184 valence electrons. The first-order chi connectivity index (χ1) is 17.4. The van der Waals surface area contributed by atoms with Gasteiger partial charge in [0.05, 0.1) is 18.1 Å². The molecule has 0 atom stereocenters. The summed E-state index contributed by atoms with van der Waals surface area (Å²) in [6, 6.07) is 20.0. The second-order valence-electron chi connectivity index (χ2n) is 7.09. The van der Waals surface area contributed by atoms with Crippen LogP contribution in [0.25, 0.3) is 0 Å². The molecule has 0 unspecified atom stereocenters. The maximum Gasteiger partial charge on any atom is 0.341 e. The highest BCUT2D eigenvalue weighted by molar-refractivity contribution is 5.96. The number of carbonyl (C=O) groups excluding carboxylic acids is 1. The van der Waals surface area contributed by atoms with Crippen molar-refractivity contribution in [2.75, 3.05) is 18.6 Å². The Balaban J connectivity index is 1.60. The van der Waals surface area contributed by atoms with E-state index in [2.05, 4.69) is 21.1 Å². The molecule has 3 rings (SSSR count). The Morgan fingerprint density at radius 3 is 1.89 bits per heavy atom. The van der Waals surface area contributed by atoms with Crippen LogP contribution >= 0.6 is 0 Å². The third-order valence-electron chi connectivity index (χ3n) is 4.43. The number of hydrogen-bond acceptors (Lipinski definition) is 8. The van der Waals surface area contributed by atoms with Gasteiger partial charge in [-0.25, -0.2) is 15.0 Å². The van der Waals surface area contributed by atoms with E-state index in [1.54, 1.807) is 72.8 Å². The Hall–Kier alpha value is -5.19. The molecular weight excluding hydrogens is 468 g/mol. The molecule has 11 nitrogen and oxygen atoms in total. The number of ether oxygens (including phenoxy) is 2. The van der Waals surface area contributed by atoms with Crippen molar-refractivity contribution in [1.29, 1.82) is 0 Å². The fraction of sp³-hybridized carbons (Fsp3) is 0.0800. The molecule has 0 aromatic heterocycles. The zero-order chi connectivity index (χ0) is 25.8. The molecule has 36 heavy (non-hydrogen) atoms. The summed E-state index contributed by atoms with van der Waals surface area (Å²) < 4.78 is 10.4. The van der Waals surface area contributed by atoms with E-state index in [-0.39, 0.29) is 0 Å². The molecule has 0 saturated carbocycles. The summed E-state index contributed by atoms with van der Waals surface area (Å²) in [4.78, 5) is 33.9. The van der Waals surface area contributed by atoms with Gasteiger partial charge in [-0.1, -0.05) is 30.3 Å². The van der Waals surface area contributed by atoms with Gasteiger partial charge in [-0.3, -0.25) is 10.2 Å². The quantitative estimate of drug-likeness (QED) is 0.223. The number of para-hydroxylation sites is 2. The minimum absolute atomic E-state index is 0.313. The van der Waals surface area contributed by atoms with Crippen molar-refractivity contribution in [3.05, 3.63) is 89.5 Å². The molecule has 11 heteroatoms. The number of carboxylic acids is 2. The Morgan fingerprint density at radius 1 is 0.750 bits per heavy atom. The Kier molecular flexibility index (Phi) is 9.11. The number of amides is 1. The van der Waals surface area contributed by atoms with Gasteiger partial charge in [0.2, 0.25) is 0 Å². The summed E-state index contributed by atoms with van der Waals surface area (Å²) in [5.74, 6) is -1.99. The lowest BCUT2D eigenvalue weighted by Gasteiger charge is -2.07. The zero-order valence-electron chi connectivity index (χ0n) is 18.8. The topological polar surface area (TPSA) is 159 Å². The molecule has 0 radical (unpaired) electrons. The van der Waals surface area contributed by atoms with E-state index in [1.807, 2.05) is 0 Å². The monoisotopic (exact) mass is 490 g/mol. The maximum absolute atomic E-state index is 12.5. The number of anilines is 1. The second-order valence-corrected chi connectivity index (χ2v) is 7.09. The van der Waals surface area contributed by atoms with E-state index in [0.29, 0.717) is 33.9 Å². The molecule has 1 amide bonds.